The van der Waals surface area contributed by atoms with Crippen LogP contribution in [0.4, 0.5) is 0 Å². The first-order valence-electron chi connectivity index (χ1n) is 11.0. The highest BCUT2D eigenvalue weighted by Crippen LogP contribution is 2.25. The van der Waals surface area contributed by atoms with Crippen molar-refractivity contribution in [2.75, 3.05) is 12.9 Å². The van der Waals surface area contributed by atoms with E-state index in [1.807, 2.05) is 42.7 Å². The van der Waals surface area contributed by atoms with Gasteiger partial charge in [0.1, 0.15) is 5.75 Å². The summed E-state index contributed by atoms with van der Waals surface area (Å²) in [6.45, 7) is 9.21. The van der Waals surface area contributed by atoms with Crippen LogP contribution in [0.5, 0.6) is 5.75 Å². The lowest BCUT2D eigenvalue weighted by molar-refractivity contribution is -0.119. The van der Waals surface area contributed by atoms with Gasteiger partial charge < -0.3 is 14.6 Å². The van der Waals surface area contributed by atoms with E-state index in [0.29, 0.717) is 5.92 Å². The monoisotopic (exact) mass is 452 g/mol. The zero-order chi connectivity index (χ0) is 23.1. The van der Waals surface area contributed by atoms with Crippen molar-refractivity contribution in [3.63, 3.8) is 0 Å². The van der Waals surface area contributed by atoms with Gasteiger partial charge in [-0.1, -0.05) is 49.9 Å². The lowest BCUT2D eigenvalue weighted by atomic mass is 10.00. The van der Waals surface area contributed by atoms with Crippen LogP contribution in [0.15, 0.2) is 53.7 Å². The summed E-state index contributed by atoms with van der Waals surface area (Å²) in [6, 6.07) is 16.2. The minimum atomic E-state index is -0.0462. The van der Waals surface area contributed by atoms with Crippen molar-refractivity contribution < 1.29 is 9.53 Å². The molecule has 7 heteroatoms. The maximum Gasteiger partial charge on any atom is 0.230 e. The zero-order valence-electron chi connectivity index (χ0n) is 19.5. The van der Waals surface area contributed by atoms with Crippen LogP contribution in [0.1, 0.15) is 44.9 Å². The van der Waals surface area contributed by atoms with Crippen LogP contribution in [-0.2, 0) is 17.8 Å². The second-order valence-corrected chi connectivity index (χ2v) is 9.14. The molecular weight excluding hydrogens is 420 g/mol. The molecule has 0 saturated heterocycles. The molecule has 0 saturated carbocycles. The van der Waals surface area contributed by atoms with E-state index >= 15 is 0 Å². The number of thioether (sulfide) groups is 1. The van der Waals surface area contributed by atoms with E-state index < -0.39 is 0 Å². The molecule has 1 aromatic heterocycles. The van der Waals surface area contributed by atoms with E-state index in [9.17, 15) is 4.79 Å². The van der Waals surface area contributed by atoms with Crippen molar-refractivity contribution in [1.29, 1.82) is 0 Å². The average molecular weight is 453 g/mol. The second-order valence-electron chi connectivity index (χ2n) is 8.20. The number of rotatable bonds is 10. The van der Waals surface area contributed by atoms with Gasteiger partial charge in [0, 0.05) is 12.1 Å². The van der Waals surface area contributed by atoms with Gasteiger partial charge >= 0.3 is 0 Å². The van der Waals surface area contributed by atoms with Gasteiger partial charge in [-0.05, 0) is 61.6 Å². The summed E-state index contributed by atoms with van der Waals surface area (Å²) in [5.74, 6) is 2.48. The van der Waals surface area contributed by atoms with Gasteiger partial charge in [-0.3, -0.25) is 4.79 Å². The maximum absolute atomic E-state index is 12.6. The van der Waals surface area contributed by atoms with Crippen LogP contribution in [-0.4, -0.2) is 33.5 Å². The SMILES string of the molecule is CCn1c(SCC(=O)NC(C)c2ccc(CC(C)C)cc2)nnc1-c1ccc(OC)cc1. The fourth-order valence-corrected chi connectivity index (χ4v) is 4.36. The Balaban J connectivity index is 1.59. The van der Waals surface area contributed by atoms with Gasteiger partial charge in [0.25, 0.3) is 0 Å². The molecule has 1 amide bonds. The number of amides is 1. The topological polar surface area (TPSA) is 69.0 Å². The highest BCUT2D eigenvalue weighted by Gasteiger charge is 2.16. The molecule has 32 heavy (non-hydrogen) atoms. The Bertz CT molecular complexity index is 1010. The van der Waals surface area contributed by atoms with Crippen molar-refractivity contribution >= 4 is 17.7 Å². The molecule has 0 radical (unpaired) electrons. The third-order valence-electron chi connectivity index (χ3n) is 5.21. The Hall–Kier alpha value is -2.80. The molecular formula is C25H32N4O2S. The summed E-state index contributed by atoms with van der Waals surface area (Å²) < 4.78 is 7.25. The van der Waals surface area contributed by atoms with E-state index in [1.165, 1.54) is 17.3 Å². The van der Waals surface area contributed by atoms with Crippen LogP contribution < -0.4 is 10.1 Å². The summed E-state index contributed by atoms with van der Waals surface area (Å²) in [6.07, 6.45) is 1.06. The van der Waals surface area contributed by atoms with Crippen molar-refractivity contribution in [2.45, 2.75) is 51.9 Å². The smallest absolute Gasteiger partial charge is 0.230 e. The number of carbonyl (C=O) groups is 1. The summed E-state index contributed by atoms with van der Waals surface area (Å²) in [7, 11) is 1.64. The molecule has 0 aliphatic carbocycles. The lowest BCUT2D eigenvalue weighted by Gasteiger charge is -2.15. The van der Waals surface area contributed by atoms with E-state index in [4.69, 9.17) is 4.74 Å². The molecule has 1 unspecified atom stereocenters. The molecule has 0 spiro atoms. The van der Waals surface area contributed by atoms with E-state index in [-0.39, 0.29) is 17.7 Å². The van der Waals surface area contributed by atoms with Crippen molar-refractivity contribution in [1.82, 2.24) is 20.1 Å². The molecule has 3 rings (SSSR count). The highest BCUT2D eigenvalue weighted by atomic mass is 32.2. The molecule has 0 bridgehead atoms. The van der Waals surface area contributed by atoms with Crippen LogP contribution >= 0.6 is 11.8 Å². The zero-order valence-corrected chi connectivity index (χ0v) is 20.3. The lowest BCUT2D eigenvalue weighted by Crippen LogP contribution is -2.28. The Morgan fingerprint density at radius 1 is 1.06 bits per heavy atom. The number of methoxy groups -OCH3 is 1. The third kappa shape index (κ3) is 6.13. The summed E-state index contributed by atoms with van der Waals surface area (Å²) >= 11 is 1.40. The Labute approximate surface area is 194 Å². The predicted octanol–water partition coefficient (Wildman–Crippen LogP) is 5.14. The molecule has 170 valence electrons. The fraction of sp³-hybridized carbons (Fsp3) is 0.400. The standard InChI is InChI=1S/C25H32N4O2S/c1-6-29-24(21-11-13-22(31-5)14-12-21)27-28-25(29)32-16-23(30)26-18(4)20-9-7-19(8-10-20)15-17(2)3/h7-14,17-18H,6,15-16H2,1-5H3,(H,26,30). The minimum Gasteiger partial charge on any atom is -0.497 e. The number of nitrogens with zero attached hydrogens (tertiary/aromatic N) is 3. The average Bonchev–Trinajstić information content (AvgIpc) is 3.20. The number of nitrogens with one attached hydrogen (secondary N) is 1. The highest BCUT2D eigenvalue weighted by molar-refractivity contribution is 7.99. The maximum atomic E-state index is 12.6. The van der Waals surface area contributed by atoms with E-state index in [0.717, 1.165) is 40.8 Å². The molecule has 0 fully saturated rings. The van der Waals surface area contributed by atoms with Gasteiger partial charge in [0.15, 0.2) is 11.0 Å². The fourth-order valence-electron chi connectivity index (χ4n) is 3.54. The van der Waals surface area contributed by atoms with Crippen molar-refractivity contribution in [3.8, 4) is 17.1 Å². The van der Waals surface area contributed by atoms with Crippen LogP contribution in [0, 0.1) is 5.92 Å². The molecule has 2 aromatic carbocycles. The molecule has 0 aliphatic rings. The number of ether oxygens (including phenoxy) is 1. The van der Waals surface area contributed by atoms with Crippen LogP contribution in [0.3, 0.4) is 0 Å². The molecule has 6 nitrogen and oxygen atoms in total. The van der Waals surface area contributed by atoms with Gasteiger partial charge in [-0.15, -0.1) is 10.2 Å². The van der Waals surface area contributed by atoms with E-state index in [1.54, 1.807) is 7.11 Å². The van der Waals surface area contributed by atoms with Crippen LogP contribution in [0.2, 0.25) is 0 Å². The molecule has 1 N–H and O–H groups in total. The summed E-state index contributed by atoms with van der Waals surface area (Å²) in [4.78, 5) is 12.6. The number of aromatic nitrogens is 3. The summed E-state index contributed by atoms with van der Waals surface area (Å²) in [5, 5.41) is 12.5. The van der Waals surface area contributed by atoms with Crippen LogP contribution in [0.25, 0.3) is 11.4 Å². The third-order valence-corrected chi connectivity index (χ3v) is 6.18. The van der Waals surface area contributed by atoms with Gasteiger partial charge in [-0.25, -0.2) is 0 Å². The minimum absolute atomic E-state index is 0.0228. The van der Waals surface area contributed by atoms with E-state index in [2.05, 4.69) is 53.6 Å². The number of carbonyl (C=O) groups excluding carboxylic acids is 1. The normalized spacial score (nSPS) is 12.1. The first-order chi connectivity index (χ1) is 15.4. The van der Waals surface area contributed by atoms with Crippen molar-refractivity contribution in [3.05, 3.63) is 59.7 Å². The van der Waals surface area contributed by atoms with Gasteiger partial charge in [0.2, 0.25) is 5.91 Å². The molecule has 1 atom stereocenters. The first-order valence-corrected chi connectivity index (χ1v) is 12.0. The van der Waals surface area contributed by atoms with Gasteiger partial charge in [0.05, 0.1) is 18.9 Å². The predicted molar refractivity (Wildman–Crippen MR) is 130 cm³/mol. The number of hydrogen-bond acceptors (Lipinski definition) is 5. The second kappa shape index (κ2) is 11.2. The number of benzene rings is 2. The molecule has 1 heterocycles. The largest absolute Gasteiger partial charge is 0.497 e. The Morgan fingerprint density at radius 3 is 2.34 bits per heavy atom. The Morgan fingerprint density at radius 2 is 1.75 bits per heavy atom. The molecule has 0 aliphatic heterocycles. The Kier molecular flexibility index (Phi) is 8.33. The molecule has 3 aromatic rings. The first kappa shape index (κ1) is 23.9. The number of hydrogen-bond donors (Lipinski definition) is 1. The van der Waals surface area contributed by atoms with Gasteiger partial charge in [-0.2, -0.15) is 0 Å². The quantitative estimate of drug-likeness (QED) is 0.431. The summed E-state index contributed by atoms with van der Waals surface area (Å²) in [5.41, 5.74) is 3.39. The van der Waals surface area contributed by atoms with Crippen molar-refractivity contribution in [2.24, 2.45) is 5.92 Å².